The van der Waals surface area contributed by atoms with Crippen LogP contribution in [0.5, 0.6) is 0 Å². The summed E-state index contributed by atoms with van der Waals surface area (Å²) in [6, 6.07) is 3.97. The summed E-state index contributed by atoms with van der Waals surface area (Å²) in [5.41, 5.74) is 0. The predicted molar refractivity (Wildman–Crippen MR) is 76.6 cm³/mol. The van der Waals surface area contributed by atoms with E-state index in [1.165, 1.54) is 0 Å². The van der Waals surface area contributed by atoms with Gasteiger partial charge in [0.2, 0.25) is 11.7 Å². The molecule has 2 aromatic rings. The molecule has 1 saturated heterocycles. The van der Waals surface area contributed by atoms with Crippen molar-refractivity contribution in [3.8, 4) is 10.7 Å². The molecule has 0 aromatic carbocycles. The minimum absolute atomic E-state index is 0.230. The van der Waals surface area contributed by atoms with Crippen molar-refractivity contribution in [3.05, 3.63) is 23.4 Å². The Morgan fingerprint density at radius 1 is 1.55 bits per heavy atom. The smallest absolute Gasteiger partial charge is 0.241 e. The fraction of sp³-hybridized carbons (Fsp3) is 0.538. The fourth-order valence-electron chi connectivity index (χ4n) is 2.21. The molecule has 3 heterocycles. The molecule has 7 heteroatoms. The molecule has 0 saturated carbocycles. The second-order valence-corrected chi connectivity index (χ2v) is 5.83. The molecule has 0 spiro atoms. The van der Waals surface area contributed by atoms with Gasteiger partial charge in [0, 0.05) is 19.6 Å². The van der Waals surface area contributed by atoms with Crippen LogP contribution in [0.1, 0.15) is 5.89 Å². The third-order valence-electron chi connectivity index (χ3n) is 3.13. The number of aromatic nitrogens is 2. The van der Waals surface area contributed by atoms with Crippen molar-refractivity contribution in [2.75, 3.05) is 33.3 Å². The summed E-state index contributed by atoms with van der Waals surface area (Å²) in [6.07, 6.45) is 0.230. The first-order chi connectivity index (χ1) is 9.81. The summed E-state index contributed by atoms with van der Waals surface area (Å²) in [4.78, 5) is 7.59. The van der Waals surface area contributed by atoms with E-state index in [-0.39, 0.29) is 6.10 Å². The summed E-state index contributed by atoms with van der Waals surface area (Å²) in [5, 5.41) is 9.34. The van der Waals surface area contributed by atoms with Crippen molar-refractivity contribution in [3.63, 3.8) is 0 Å². The predicted octanol–water partition coefficient (Wildman–Crippen LogP) is 1.22. The Hall–Kier alpha value is -1.28. The minimum Gasteiger partial charge on any atom is -0.374 e. The molecule has 0 radical (unpaired) electrons. The highest BCUT2D eigenvalue weighted by atomic mass is 32.1. The highest BCUT2D eigenvalue weighted by Gasteiger charge is 2.17. The lowest BCUT2D eigenvalue weighted by Crippen LogP contribution is -2.44. The zero-order chi connectivity index (χ0) is 13.8. The number of likely N-dealkylation sites (N-methyl/N-ethyl adjacent to an activating group) is 1. The van der Waals surface area contributed by atoms with Crippen LogP contribution in [-0.4, -0.2) is 54.4 Å². The first-order valence-electron chi connectivity index (χ1n) is 6.68. The summed E-state index contributed by atoms with van der Waals surface area (Å²) in [7, 11) is 2.03. The molecular formula is C13H18N4O2S. The molecule has 6 nitrogen and oxygen atoms in total. The Bertz CT molecular complexity index is 522. The van der Waals surface area contributed by atoms with Gasteiger partial charge in [0.15, 0.2) is 0 Å². The van der Waals surface area contributed by atoms with Crippen molar-refractivity contribution in [2.45, 2.75) is 12.6 Å². The number of nitrogens with zero attached hydrogens (tertiary/aromatic N) is 3. The van der Waals surface area contributed by atoms with E-state index in [4.69, 9.17) is 9.26 Å². The largest absolute Gasteiger partial charge is 0.374 e. The zero-order valence-electron chi connectivity index (χ0n) is 11.4. The minimum atomic E-state index is 0.230. The third-order valence-corrected chi connectivity index (χ3v) is 4.00. The molecule has 1 atom stereocenters. The number of thiophene rings is 1. The average molecular weight is 294 g/mol. The van der Waals surface area contributed by atoms with E-state index < -0.39 is 0 Å². The van der Waals surface area contributed by atoms with E-state index in [9.17, 15) is 0 Å². The van der Waals surface area contributed by atoms with Gasteiger partial charge in [-0.05, 0) is 18.5 Å². The van der Waals surface area contributed by atoms with E-state index >= 15 is 0 Å². The van der Waals surface area contributed by atoms with Crippen LogP contribution in [0.25, 0.3) is 10.7 Å². The van der Waals surface area contributed by atoms with Gasteiger partial charge in [0.05, 0.1) is 24.1 Å². The number of nitrogens with one attached hydrogen (secondary N) is 1. The number of hydrogen-bond acceptors (Lipinski definition) is 7. The number of rotatable bonds is 5. The van der Waals surface area contributed by atoms with Gasteiger partial charge in [-0.15, -0.1) is 11.3 Å². The monoisotopic (exact) mass is 294 g/mol. The number of ether oxygens (including phenoxy) is 1. The molecule has 1 aliphatic rings. The zero-order valence-corrected chi connectivity index (χ0v) is 12.2. The van der Waals surface area contributed by atoms with E-state index in [2.05, 4.69) is 20.4 Å². The molecule has 0 bridgehead atoms. The molecule has 0 amide bonds. The van der Waals surface area contributed by atoms with E-state index in [1.54, 1.807) is 11.3 Å². The summed E-state index contributed by atoms with van der Waals surface area (Å²) >= 11 is 1.61. The summed E-state index contributed by atoms with van der Waals surface area (Å²) < 4.78 is 11.0. The van der Waals surface area contributed by atoms with Crippen LogP contribution in [0.3, 0.4) is 0 Å². The molecule has 2 aromatic heterocycles. The Balaban J connectivity index is 1.54. The van der Waals surface area contributed by atoms with Crippen molar-refractivity contribution in [2.24, 2.45) is 0 Å². The maximum atomic E-state index is 5.68. The van der Waals surface area contributed by atoms with Gasteiger partial charge in [-0.25, -0.2) is 0 Å². The summed E-state index contributed by atoms with van der Waals surface area (Å²) in [5.74, 6) is 1.30. The van der Waals surface area contributed by atoms with Crippen molar-refractivity contribution >= 4 is 11.3 Å². The fourth-order valence-corrected chi connectivity index (χ4v) is 2.85. The second-order valence-electron chi connectivity index (χ2n) is 4.88. The van der Waals surface area contributed by atoms with Gasteiger partial charge in [-0.1, -0.05) is 11.2 Å². The topological polar surface area (TPSA) is 63.4 Å². The molecule has 1 unspecified atom stereocenters. The first-order valence-corrected chi connectivity index (χ1v) is 7.56. The van der Waals surface area contributed by atoms with E-state index in [0.29, 0.717) is 18.3 Å². The third kappa shape index (κ3) is 3.43. The normalized spacial score (nSPS) is 19.6. The number of hydrogen-bond donors (Lipinski definition) is 1. The van der Waals surface area contributed by atoms with Crippen LogP contribution in [-0.2, 0) is 11.3 Å². The van der Waals surface area contributed by atoms with Gasteiger partial charge < -0.3 is 14.6 Å². The molecule has 3 rings (SSSR count). The van der Waals surface area contributed by atoms with Gasteiger partial charge in [0.25, 0.3) is 0 Å². The van der Waals surface area contributed by atoms with Crippen molar-refractivity contribution in [1.82, 2.24) is 20.4 Å². The molecular weight excluding hydrogens is 276 g/mol. The SMILES string of the molecule is CN(Cc1nc(-c2cccs2)no1)CC1CNCCO1. The van der Waals surface area contributed by atoms with Crippen molar-refractivity contribution < 1.29 is 9.26 Å². The number of morpholine rings is 1. The van der Waals surface area contributed by atoms with E-state index in [0.717, 1.165) is 31.1 Å². The molecule has 20 heavy (non-hydrogen) atoms. The molecule has 1 aliphatic heterocycles. The highest BCUT2D eigenvalue weighted by molar-refractivity contribution is 7.13. The van der Waals surface area contributed by atoms with Crippen LogP contribution in [0, 0.1) is 0 Å². The van der Waals surface area contributed by atoms with Crippen LogP contribution in [0.2, 0.25) is 0 Å². The van der Waals surface area contributed by atoms with Gasteiger partial charge in [0.1, 0.15) is 0 Å². The standard InChI is InChI=1S/C13H18N4O2S/c1-17(8-10-7-14-4-5-18-10)9-12-15-13(16-19-12)11-3-2-6-20-11/h2-3,6,10,14H,4-5,7-9H2,1H3. The van der Waals surface area contributed by atoms with Gasteiger partial charge in [-0.3, -0.25) is 4.90 Å². The molecule has 1 N–H and O–H groups in total. The molecule has 0 aliphatic carbocycles. The quantitative estimate of drug-likeness (QED) is 0.894. The lowest BCUT2D eigenvalue weighted by Gasteiger charge is -2.27. The lowest BCUT2D eigenvalue weighted by atomic mass is 10.3. The van der Waals surface area contributed by atoms with Crippen LogP contribution < -0.4 is 5.32 Å². The van der Waals surface area contributed by atoms with Crippen molar-refractivity contribution in [1.29, 1.82) is 0 Å². The van der Waals surface area contributed by atoms with Gasteiger partial charge in [-0.2, -0.15) is 4.98 Å². The second kappa shape index (κ2) is 6.45. The van der Waals surface area contributed by atoms with Crippen LogP contribution in [0.4, 0.5) is 0 Å². The first kappa shape index (κ1) is 13.7. The Labute approximate surface area is 121 Å². The maximum absolute atomic E-state index is 5.68. The average Bonchev–Trinajstić information content (AvgIpc) is 3.10. The molecule has 1 fully saturated rings. The lowest BCUT2D eigenvalue weighted by molar-refractivity contribution is 0.00748. The van der Waals surface area contributed by atoms with Crippen LogP contribution >= 0.6 is 11.3 Å². The molecule has 108 valence electrons. The van der Waals surface area contributed by atoms with Gasteiger partial charge >= 0.3 is 0 Å². The highest BCUT2D eigenvalue weighted by Crippen LogP contribution is 2.21. The van der Waals surface area contributed by atoms with E-state index in [1.807, 2.05) is 24.6 Å². The van der Waals surface area contributed by atoms with Crippen LogP contribution in [0.15, 0.2) is 22.0 Å². The Kier molecular flexibility index (Phi) is 4.41. The summed E-state index contributed by atoms with van der Waals surface area (Å²) in [6.45, 7) is 4.10. The maximum Gasteiger partial charge on any atom is 0.241 e. The Morgan fingerprint density at radius 2 is 2.50 bits per heavy atom. The Morgan fingerprint density at radius 3 is 3.25 bits per heavy atom.